The number of amides is 1. The van der Waals surface area contributed by atoms with E-state index in [1.807, 2.05) is 0 Å². The fourth-order valence-corrected chi connectivity index (χ4v) is 4.21. The molecule has 0 unspecified atom stereocenters. The van der Waals surface area contributed by atoms with Gasteiger partial charge in [-0.05, 0) is 69.8 Å². The number of rotatable bonds is 5. The maximum absolute atomic E-state index is 12.0. The summed E-state index contributed by atoms with van der Waals surface area (Å²) < 4.78 is 0. The molecule has 4 heteroatoms. The van der Waals surface area contributed by atoms with Gasteiger partial charge in [0.25, 0.3) is 5.91 Å². The summed E-state index contributed by atoms with van der Waals surface area (Å²) in [5.41, 5.74) is 1.41. The molecule has 1 amide bonds. The Hall–Kier alpha value is -0.870. The van der Waals surface area contributed by atoms with E-state index in [9.17, 15) is 4.79 Å². The molecule has 2 aliphatic rings. The quantitative estimate of drug-likeness (QED) is 0.839. The number of nitrogens with one attached hydrogen (secondary N) is 1. The predicted molar refractivity (Wildman–Crippen MR) is 79.0 cm³/mol. The molecule has 1 saturated heterocycles. The number of carbonyl (C=O) groups is 1. The van der Waals surface area contributed by atoms with Gasteiger partial charge in [-0.2, -0.15) is 0 Å². The van der Waals surface area contributed by atoms with Crippen molar-refractivity contribution in [1.82, 2.24) is 10.2 Å². The third-order valence-electron chi connectivity index (χ3n) is 4.11. The van der Waals surface area contributed by atoms with Crippen molar-refractivity contribution >= 4 is 17.2 Å². The minimum atomic E-state index is 0.126. The molecule has 1 aromatic rings. The number of nitrogens with zero attached hydrogens (tertiary/aromatic N) is 1. The molecule has 1 aliphatic heterocycles. The predicted octanol–water partition coefficient (Wildman–Crippen LogP) is 2.45. The van der Waals surface area contributed by atoms with Gasteiger partial charge in [0.1, 0.15) is 0 Å². The van der Waals surface area contributed by atoms with Crippen LogP contribution in [0.5, 0.6) is 0 Å². The molecule has 1 aromatic heterocycles. The third kappa shape index (κ3) is 3.18. The number of thiophene rings is 1. The van der Waals surface area contributed by atoms with Crippen LogP contribution >= 0.6 is 11.3 Å². The van der Waals surface area contributed by atoms with Crippen LogP contribution in [0.3, 0.4) is 0 Å². The van der Waals surface area contributed by atoms with Crippen molar-refractivity contribution in [3.05, 3.63) is 21.4 Å². The first-order valence-corrected chi connectivity index (χ1v) is 8.27. The Bertz CT molecular complexity index is 427. The van der Waals surface area contributed by atoms with E-state index in [0.717, 1.165) is 30.8 Å². The summed E-state index contributed by atoms with van der Waals surface area (Å²) in [5.74, 6) is 0.126. The lowest BCUT2D eigenvalue weighted by molar-refractivity contribution is 0.0956. The lowest BCUT2D eigenvalue weighted by Gasteiger charge is -2.14. The zero-order valence-electron chi connectivity index (χ0n) is 11.4. The van der Waals surface area contributed by atoms with Gasteiger partial charge in [0.2, 0.25) is 0 Å². The number of likely N-dealkylation sites (tertiary alicyclic amines) is 1. The lowest BCUT2D eigenvalue weighted by atomic mass is 10.2. The molecule has 1 aliphatic carbocycles. The summed E-state index contributed by atoms with van der Waals surface area (Å²) in [6.07, 6.45) is 7.34. The highest BCUT2D eigenvalue weighted by atomic mass is 32.1. The van der Waals surface area contributed by atoms with Crippen LogP contribution < -0.4 is 5.32 Å². The Labute approximate surface area is 119 Å². The van der Waals surface area contributed by atoms with Crippen LogP contribution in [0, 0.1) is 0 Å². The van der Waals surface area contributed by atoms with Gasteiger partial charge in [-0.1, -0.05) is 0 Å². The largest absolute Gasteiger partial charge is 0.351 e. The summed E-state index contributed by atoms with van der Waals surface area (Å²) >= 11 is 1.69. The van der Waals surface area contributed by atoms with E-state index in [1.165, 1.54) is 49.2 Å². The third-order valence-corrected chi connectivity index (χ3v) is 5.34. The van der Waals surface area contributed by atoms with Crippen molar-refractivity contribution in [2.45, 2.75) is 38.5 Å². The molecule has 0 atom stereocenters. The molecule has 2 heterocycles. The first-order chi connectivity index (χ1) is 9.33. The van der Waals surface area contributed by atoms with Crippen LogP contribution in [0.15, 0.2) is 6.07 Å². The van der Waals surface area contributed by atoms with E-state index < -0.39 is 0 Å². The molecule has 3 rings (SSSR count). The van der Waals surface area contributed by atoms with Gasteiger partial charge in [0, 0.05) is 11.4 Å². The molecule has 0 bridgehead atoms. The minimum Gasteiger partial charge on any atom is -0.351 e. The van der Waals surface area contributed by atoms with Gasteiger partial charge in [-0.15, -0.1) is 11.3 Å². The molecular formula is C15H22N2OS. The van der Waals surface area contributed by atoms with Gasteiger partial charge >= 0.3 is 0 Å². The Morgan fingerprint density at radius 3 is 2.89 bits per heavy atom. The highest BCUT2D eigenvalue weighted by molar-refractivity contribution is 7.14. The van der Waals surface area contributed by atoms with Crippen LogP contribution in [-0.2, 0) is 12.8 Å². The molecule has 3 nitrogen and oxygen atoms in total. The Balaban J connectivity index is 1.40. The highest BCUT2D eigenvalue weighted by Crippen LogP contribution is 2.30. The summed E-state index contributed by atoms with van der Waals surface area (Å²) in [6.45, 7) is 4.41. The van der Waals surface area contributed by atoms with E-state index >= 15 is 0 Å². The van der Waals surface area contributed by atoms with Crippen LogP contribution in [0.4, 0.5) is 0 Å². The summed E-state index contributed by atoms with van der Waals surface area (Å²) in [5, 5.41) is 3.06. The lowest BCUT2D eigenvalue weighted by Crippen LogP contribution is -2.28. The molecule has 0 saturated carbocycles. The van der Waals surface area contributed by atoms with Crippen LogP contribution in [0.2, 0.25) is 0 Å². The monoisotopic (exact) mass is 278 g/mol. The zero-order chi connectivity index (χ0) is 13.1. The molecule has 1 fully saturated rings. The number of hydrogen-bond acceptors (Lipinski definition) is 3. The van der Waals surface area contributed by atoms with Gasteiger partial charge < -0.3 is 10.2 Å². The van der Waals surface area contributed by atoms with Crippen molar-refractivity contribution in [2.75, 3.05) is 26.2 Å². The highest BCUT2D eigenvalue weighted by Gasteiger charge is 2.18. The normalized spacial score (nSPS) is 18.7. The minimum absolute atomic E-state index is 0.126. The van der Waals surface area contributed by atoms with Crippen LogP contribution in [0.1, 0.15) is 45.8 Å². The summed E-state index contributed by atoms with van der Waals surface area (Å²) in [4.78, 5) is 16.9. The number of carbonyl (C=O) groups excluding carboxylic acids is 1. The molecule has 0 radical (unpaired) electrons. The standard InChI is InChI=1S/C15H22N2OS/c18-15(14-11-12-5-3-6-13(12)19-14)16-7-4-10-17-8-1-2-9-17/h11H,1-10H2,(H,16,18). The number of aryl methyl sites for hydroxylation is 2. The molecule has 19 heavy (non-hydrogen) atoms. The second kappa shape index (κ2) is 6.06. The van der Waals surface area contributed by atoms with Crippen molar-refractivity contribution in [1.29, 1.82) is 0 Å². The second-order valence-corrected chi connectivity index (χ2v) is 6.71. The first-order valence-electron chi connectivity index (χ1n) is 7.45. The Morgan fingerprint density at radius 1 is 1.26 bits per heavy atom. The SMILES string of the molecule is O=C(NCCCN1CCCC1)c1cc2c(s1)CCC2. The van der Waals surface area contributed by atoms with Crippen molar-refractivity contribution in [3.8, 4) is 0 Å². The maximum atomic E-state index is 12.0. The van der Waals surface area contributed by atoms with Crippen molar-refractivity contribution in [3.63, 3.8) is 0 Å². The molecule has 1 N–H and O–H groups in total. The van der Waals surface area contributed by atoms with Gasteiger partial charge in [-0.25, -0.2) is 0 Å². The fraction of sp³-hybridized carbons (Fsp3) is 0.667. The smallest absolute Gasteiger partial charge is 0.261 e. The Kier molecular flexibility index (Phi) is 4.18. The van der Waals surface area contributed by atoms with Gasteiger partial charge in [0.15, 0.2) is 0 Å². The summed E-state index contributed by atoms with van der Waals surface area (Å²) in [7, 11) is 0. The van der Waals surface area contributed by atoms with Gasteiger partial charge in [-0.3, -0.25) is 4.79 Å². The van der Waals surface area contributed by atoms with E-state index in [1.54, 1.807) is 11.3 Å². The molecule has 0 aromatic carbocycles. The fourth-order valence-electron chi connectivity index (χ4n) is 3.04. The molecular weight excluding hydrogens is 256 g/mol. The van der Waals surface area contributed by atoms with E-state index in [-0.39, 0.29) is 5.91 Å². The maximum Gasteiger partial charge on any atom is 0.261 e. The average Bonchev–Trinajstić information content (AvgIpc) is 3.09. The average molecular weight is 278 g/mol. The Morgan fingerprint density at radius 2 is 2.11 bits per heavy atom. The van der Waals surface area contributed by atoms with E-state index in [0.29, 0.717) is 0 Å². The number of fused-ring (bicyclic) bond motifs is 1. The summed E-state index contributed by atoms with van der Waals surface area (Å²) in [6, 6.07) is 2.10. The second-order valence-electron chi connectivity index (χ2n) is 5.57. The first kappa shape index (κ1) is 13.1. The van der Waals surface area contributed by atoms with Crippen LogP contribution in [-0.4, -0.2) is 37.0 Å². The topological polar surface area (TPSA) is 32.3 Å². The molecule has 0 spiro atoms. The number of hydrogen-bond donors (Lipinski definition) is 1. The van der Waals surface area contributed by atoms with E-state index in [2.05, 4.69) is 16.3 Å². The molecule has 104 valence electrons. The van der Waals surface area contributed by atoms with Crippen molar-refractivity contribution < 1.29 is 4.79 Å². The van der Waals surface area contributed by atoms with Crippen LogP contribution in [0.25, 0.3) is 0 Å². The van der Waals surface area contributed by atoms with Crippen molar-refractivity contribution in [2.24, 2.45) is 0 Å². The zero-order valence-corrected chi connectivity index (χ0v) is 12.2. The van der Waals surface area contributed by atoms with Gasteiger partial charge in [0.05, 0.1) is 4.88 Å². The van der Waals surface area contributed by atoms with E-state index in [4.69, 9.17) is 0 Å².